The molecule has 2 heteroatoms. The van der Waals surface area contributed by atoms with E-state index in [-0.39, 0.29) is 0 Å². The van der Waals surface area contributed by atoms with Crippen LogP contribution < -0.4 is 0 Å². The van der Waals surface area contributed by atoms with Crippen molar-refractivity contribution in [2.24, 2.45) is 0 Å². The molecule has 0 unspecified atom stereocenters. The number of hydrogen-bond donors (Lipinski definition) is 0. The molecule has 0 aliphatic heterocycles. The number of benzene rings is 7. The highest BCUT2D eigenvalue weighted by Crippen LogP contribution is 2.47. The molecule has 0 amide bonds. The van der Waals surface area contributed by atoms with E-state index in [0.717, 1.165) is 19.3 Å². The molecule has 0 spiro atoms. The van der Waals surface area contributed by atoms with Gasteiger partial charge in [0.05, 0.1) is 21.4 Å². The van der Waals surface area contributed by atoms with E-state index in [1.807, 2.05) is 25.2 Å². The fourth-order valence-corrected chi connectivity index (χ4v) is 9.95. The highest BCUT2D eigenvalue weighted by Gasteiger charge is 2.27. The van der Waals surface area contributed by atoms with Crippen LogP contribution in [0, 0.1) is 0 Å². The normalized spacial score (nSPS) is 13.5. The van der Waals surface area contributed by atoms with Crippen molar-refractivity contribution in [3.63, 3.8) is 0 Å². The van der Waals surface area contributed by atoms with Gasteiger partial charge in [-0.1, -0.05) is 135 Å². The Labute approximate surface area is 314 Å². The molecule has 11 rings (SSSR count). The summed E-state index contributed by atoms with van der Waals surface area (Å²) in [4.78, 5) is 0. The van der Waals surface area contributed by atoms with E-state index in [4.69, 9.17) is 0 Å². The Morgan fingerprint density at radius 1 is 0.528 bits per heavy atom. The van der Waals surface area contributed by atoms with Crippen LogP contribution in [-0.2, 0) is 6.42 Å². The minimum Gasteiger partial charge on any atom is -0.307 e. The summed E-state index contributed by atoms with van der Waals surface area (Å²) in [7, 11) is 0. The molecule has 0 N–H and O–H groups in total. The molecule has 0 radical (unpaired) electrons. The van der Waals surface area contributed by atoms with Gasteiger partial charge in [-0.05, 0) is 111 Å². The predicted molar refractivity (Wildman–Crippen MR) is 230 cm³/mol. The maximum atomic E-state index is 2.60. The average Bonchev–Trinajstić information content (AvgIpc) is 3.91. The number of hydrogen-bond acceptors (Lipinski definition) is 1. The van der Waals surface area contributed by atoms with Crippen molar-refractivity contribution in [3.8, 4) is 39.1 Å². The average molecular weight is 698 g/mol. The largest absolute Gasteiger partial charge is 0.307 e. The summed E-state index contributed by atoms with van der Waals surface area (Å²) in [6, 6.07) is 56.3. The van der Waals surface area contributed by atoms with Gasteiger partial charge in [0.15, 0.2) is 0 Å². The summed E-state index contributed by atoms with van der Waals surface area (Å²) >= 11 is 1.91. The number of nitrogens with zero attached hydrogens (tertiary/aromatic N) is 1. The van der Waals surface area contributed by atoms with Gasteiger partial charge in [0, 0.05) is 32.7 Å². The van der Waals surface area contributed by atoms with Crippen LogP contribution in [0.25, 0.3) is 86.6 Å². The Morgan fingerprint density at radius 3 is 1.96 bits per heavy atom. The lowest BCUT2D eigenvalue weighted by Gasteiger charge is -2.13. The van der Waals surface area contributed by atoms with Crippen LogP contribution in [0.2, 0.25) is 0 Å². The molecule has 0 bridgehead atoms. The number of aromatic nitrogens is 1. The maximum absolute atomic E-state index is 2.60. The van der Waals surface area contributed by atoms with Gasteiger partial charge in [0.2, 0.25) is 0 Å². The monoisotopic (exact) mass is 697 g/mol. The summed E-state index contributed by atoms with van der Waals surface area (Å²) in [5, 5.41) is 5.30. The molecule has 0 saturated carbocycles. The molecule has 2 aliphatic carbocycles. The first-order valence-corrected chi connectivity index (χ1v) is 19.8. The molecule has 0 saturated heterocycles. The van der Waals surface area contributed by atoms with Crippen LogP contribution in [0.4, 0.5) is 0 Å². The van der Waals surface area contributed by atoms with Gasteiger partial charge in [-0.25, -0.2) is 0 Å². The van der Waals surface area contributed by atoms with Crippen LogP contribution in [0.5, 0.6) is 0 Å². The summed E-state index contributed by atoms with van der Waals surface area (Å²) < 4.78 is 5.28. The second-order valence-electron chi connectivity index (χ2n) is 14.0. The van der Waals surface area contributed by atoms with Crippen molar-refractivity contribution < 1.29 is 0 Å². The Kier molecular flexibility index (Phi) is 7.74. The molecule has 2 aromatic heterocycles. The SMILES string of the molecule is C1=CC2=C(CC1)c1ccc3c4cc(-c5cc(-c6ccccc6)cc(-c6ccccc6)c5)ccc4n(-c4cccc5c4sc4ccccc45)c3c1C2.CC. The van der Waals surface area contributed by atoms with Gasteiger partial charge < -0.3 is 4.57 Å². The van der Waals surface area contributed by atoms with Crippen LogP contribution >= 0.6 is 11.3 Å². The van der Waals surface area contributed by atoms with Crippen LogP contribution in [0.15, 0.2) is 169 Å². The zero-order valence-electron chi connectivity index (χ0n) is 30.1. The van der Waals surface area contributed by atoms with E-state index >= 15 is 0 Å². The predicted octanol–water partition coefficient (Wildman–Crippen LogP) is 14.8. The lowest BCUT2D eigenvalue weighted by Crippen LogP contribution is -1.98. The third-order valence-corrected chi connectivity index (χ3v) is 12.3. The lowest BCUT2D eigenvalue weighted by atomic mass is 9.92. The van der Waals surface area contributed by atoms with Crippen LogP contribution in [-0.4, -0.2) is 4.57 Å². The van der Waals surface area contributed by atoms with Gasteiger partial charge in [-0.3, -0.25) is 0 Å². The van der Waals surface area contributed by atoms with Gasteiger partial charge in [0.25, 0.3) is 0 Å². The summed E-state index contributed by atoms with van der Waals surface area (Å²) in [5.41, 5.74) is 17.2. The highest BCUT2D eigenvalue weighted by molar-refractivity contribution is 7.26. The quantitative estimate of drug-likeness (QED) is 0.173. The minimum atomic E-state index is 0.990. The highest BCUT2D eigenvalue weighted by atomic mass is 32.1. The minimum absolute atomic E-state index is 0.990. The zero-order valence-corrected chi connectivity index (χ0v) is 30.9. The Morgan fingerprint density at radius 2 is 1.21 bits per heavy atom. The number of allylic oxidation sites excluding steroid dienone is 4. The molecule has 9 aromatic rings. The maximum Gasteiger partial charge on any atom is 0.0641 e. The first-order valence-electron chi connectivity index (χ1n) is 18.9. The lowest BCUT2D eigenvalue weighted by molar-refractivity contribution is 1.04. The molecule has 0 fully saturated rings. The van der Waals surface area contributed by atoms with E-state index in [2.05, 4.69) is 168 Å². The first-order chi connectivity index (χ1) is 26.3. The van der Waals surface area contributed by atoms with Gasteiger partial charge in [0.1, 0.15) is 0 Å². The summed E-state index contributed by atoms with van der Waals surface area (Å²) in [6.45, 7) is 4.00. The second-order valence-corrected chi connectivity index (χ2v) is 15.0. The standard InChI is InChI=1S/C49H33NS.C2H6/c1-3-12-31(13-4-1)35-26-36(32-14-5-2-6-15-32)28-37(27-35)33-22-25-45-43(29-33)41-24-23-39-38-17-8-7-16-34(38)30-44(39)48(41)50(45)46-20-11-19-42-40-18-9-10-21-47(40)51-49(42)46;1-2/h1-7,9-16,18-29H,8,17,30H2;1-2H3. The molecule has 1 nitrogen and oxygen atoms in total. The van der Waals surface area contributed by atoms with Gasteiger partial charge in [-0.15, -0.1) is 11.3 Å². The van der Waals surface area contributed by atoms with Crippen molar-refractivity contribution in [2.45, 2.75) is 33.1 Å². The van der Waals surface area contributed by atoms with Crippen LogP contribution in [0.1, 0.15) is 37.8 Å². The molecule has 53 heavy (non-hydrogen) atoms. The molecule has 2 aliphatic rings. The third kappa shape index (κ3) is 5.12. The second kappa shape index (κ2) is 12.9. The van der Waals surface area contributed by atoms with E-state index in [1.165, 1.54) is 103 Å². The van der Waals surface area contributed by atoms with Crippen molar-refractivity contribution in [2.75, 3.05) is 0 Å². The summed E-state index contributed by atoms with van der Waals surface area (Å²) in [5.74, 6) is 0. The van der Waals surface area contributed by atoms with E-state index < -0.39 is 0 Å². The third-order valence-electron chi connectivity index (χ3n) is 11.1. The molecular weight excluding hydrogens is 659 g/mol. The van der Waals surface area contributed by atoms with Crippen molar-refractivity contribution >= 4 is 58.9 Å². The van der Waals surface area contributed by atoms with E-state index in [1.54, 1.807) is 0 Å². The number of thiophene rings is 1. The van der Waals surface area contributed by atoms with Gasteiger partial charge in [-0.2, -0.15) is 0 Å². The smallest absolute Gasteiger partial charge is 0.0641 e. The molecule has 7 aromatic carbocycles. The van der Waals surface area contributed by atoms with Crippen molar-refractivity contribution in [1.82, 2.24) is 4.57 Å². The Hall–Kier alpha value is -5.96. The van der Waals surface area contributed by atoms with Crippen molar-refractivity contribution in [1.29, 1.82) is 0 Å². The van der Waals surface area contributed by atoms with Crippen molar-refractivity contribution in [3.05, 3.63) is 181 Å². The number of fused-ring (bicyclic) bond motifs is 9. The molecule has 0 atom stereocenters. The topological polar surface area (TPSA) is 4.93 Å². The summed E-state index contributed by atoms with van der Waals surface area (Å²) in [6.07, 6.45) is 7.98. The number of rotatable bonds is 4. The van der Waals surface area contributed by atoms with Gasteiger partial charge >= 0.3 is 0 Å². The van der Waals surface area contributed by atoms with E-state index in [9.17, 15) is 0 Å². The first kappa shape index (κ1) is 31.7. The van der Waals surface area contributed by atoms with E-state index in [0.29, 0.717) is 0 Å². The molecule has 254 valence electrons. The molecule has 2 heterocycles. The van der Waals surface area contributed by atoms with Crippen LogP contribution in [0.3, 0.4) is 0 Å². The Balaban J connectivity index is 0.00000172. The zero-order chi connectivity index (χ0) is 35.5. The fourth-order valence-electron chi connectivity index (χ4n) is 8.74. The molecular formula is C51H39NS. The Bertz CT molecular complexity index is 2860. The fraction of sp³-hybridized carbons (Fsp3) is 0.0980.